The average molecular weight is 1210 g/mol. The van der Waals surface area contributed by atoms with Gasteiger partial charge in [0, 0.05) is 6.42 Å². The lowest BCUT2D eigenvalue weighted by Crippen LogP contribution is -2.46. The zero-order chi connectivity index (χ0) is 61.9. The third-order valence-corrected chi connectivity index (χ3v) is 16.8. The van der Waals surface area contributed by atoms with Gasteiger partial charge in [-0.05, 0) is 83.5 Å². The van der Waals surface area contributed by atoms with Gasteiger partial charge in [0.2, 0.25) is 5.91 Å². The number of phosphoric acid groups is 1. The fraction of sp³-hybridized carbons (Fsp3) is 0.750. The number of aliphatic hydroxyl groups is 1. The molecule has 0 aromatic heterocycles. The molecule has 0 aromatic carbocycles. The molecule has 1 amide bonds. The summed E-state index contributed by atoms with van der Waals surface area (Å²) in [4.78, 5) is 23.5. The maximum absolute atomic E-state index is 13.1. The van der Waals surface area contributed by atoms with Gasteiger partial charge in [0.05, 0.1) is 39.9 Å². The number of nitrogens with one attached hydrogen (secondary N) is 1. The van der Waals surface area contributed by atoms with Crippen LogP contribution in [-0.4, -0.2) is 73.4 Å². The first-order valence-electron chi connectivity index (χ1n) is 35.8. The molecule has 3 N–H and O–H groups in total. The summed E-state index contributed by atoms with van der Waals surface area (Å²) < 4.78 is 23.9. The molecule has 0 rings (SSSR count). The van der Waals surface area contributed by atoms with E-state index >= 15 is 0 Å². The van der Waals surface area contributed by atoms with E-state index in [2.05, 4.69) is 129 Å². The van der Waals surface area contributed by atoms with Crippen molar-refractivity contribution in [2.75, 3.05) is 40.9 Å². The van der Waals surface area contributed by atoms with Crippen LogP contribution >= 0.6 is 7.82 Å². The lowest BCUT2D eigenvalue weighted by atomic mass is 10.0. The first kappa shape index (κ1) is 82.2. The van der Waals surface area contributed by atoms with E-state index in [0.717, 1.165) is 116 Å². The predicted octanol–water partition coefficient (Wildman–Crippen LogP) is 23.1. The number of quaternary nitrogens is 1. The number of rotatable bonds is 65. The smallest absolute Gasteiger partial charge is 0.391 e. The number of likely N-dealkylation sites (N-methyl/N-ethyl adjacent to an activating group) is 1. The zero-order valence-corrected chi connectivity index (χ0v) is 57.2. The van der Waals surface area contributed by atoms with Crippen molar-refractivity contribution < 1.29 is 32.9 Å². The summed E-state index contributed by atoms with van der Waals surface area (Å²) in [6.45, 7) is 4.78. The van der Waals surface area contributed by atoms with Crippen molar-refractivity contribution in [2.24, 2.45) is 0 Å². The molecule has 0 radical (unpaired) electrons. The standard InChI is InChI=1S/C76H137N2O6P/c1-6-8-10-12-14-16-18-20-22-24-26-28-30-32-34-36-38-39-40-42-44-46-48-50-52-54-56-58-60-62-64-66-68-70-76(80)77-74(73-84-85(81,82)83-72-71-78(3,4)5)75(79)69-67-65-63-61-59-57-55-53-51-49-47-45-43-41-37-35-33-31-29-27-25-23-21-19-17-15-13-11-9-7-2/h8,10,14,16,20,22,26,28,32,34,38-39,42,44,48,50,54,56,74-75,79H,6-7,9,11-13,15,17-19,21,23-25,27,29-31,33,35-37,40-41,43,45-47,49,51-53,55,57-73H2,1-5H3,(H-,77,80,81,82)/p+1/b10-8-,16-14-,22-20-,28-26-,34-32-,39-38-,44-42-,50-48-,56-54-. The average Bonchev–Trinajstić information content (AvgIpc) is 3.49. The van der Waals surface area contributed by atoms with Crippen LogP contribution in [0.5, 0.6) is 0 Å². The minimum Gasteiger partial charge on any atom is -0.391 e. The van der Waals surface area contributed by atoms with Crippen LogP contribution in [0.2, 0.25) is 0 Å². The van der Waals surface area contributed by atoms with Gasteiger partial charge >= 0.3 is 7.82 Å². The van der Waals surface area contributed by atoms with Crippen LogP contribution in [-0.2, 0) is 18.4 Å². The van der Waals surface area contributed by atoms with E-state index in [1.807, 2.05) is 21.1 Å². The van der Waals surface area contributed by atoms with Crippen molar-refractivity contribution in [2.45, 2.75) is 328 Å². The number of carbonyl (C=O) groups excluding carboxylic acids is 1. The largest absolute Gasteiger partial charge is 0.472 e. The SMILES string of the molecule is CC/C=C\C/C=C\C/C=C\C/C=C\C/C=C\C/C=C\C/C=C\C/C=C\C/C=C\CCCCCCCC(=O)NC(COP(=O)(O)OCC[N+](C)(C)C)C(O)CCCCCCCCCCCCCCCCCCCCCCCCCCCCCCCC. The fourth-order valence-electron chi connectivity index (χ4n) is 10.3. The van der Waals surface area contributed by atoms with Crippen LogP contribution in [0.1, 0.15) is 316 Å². The third-order valence-electron chi connectivity index (χ3n) is 15.8. The molecule has 85 heavy (non-hydrogen) atoms. The van der Waals surface area contributed by atoms with Gasteiger partial charge in [-0.15, -0.1) is 0 Å². The molecule has 3 unspecified atom stereocenters. The summed E-state index contributed by atoms with van der Waals surface area (Å²) in [5.74, 6) is -0.163. The van der Waals surface area contributed by atoms with Crippen molar-refractivity contribution in [3.8, 4) is 0 Å². The molecule has 0 saturated carbocycles. The van der Waals surface area contributed by atoms with Gasteiger partial charge in [0.15, 0.2) is 0 Å². The van der Waals surface area contributed by atoms with Gasteiger partial charge in [-0.2, -0.15) is 0 Å². The zero-order valence-electron chi connectivity index (χ0n) is 56.3. The van der Waals surface area contributed by atoms with Gasteiger partial charge in [0.25, 0.3) is 0 Å². The Kier molecular flexibility index (Phi) is 63.4. The topological polar surface area (TPSA) is 105 Å². The van der Waals surface area contributed by atoms with Gasteiger partial charge < -0.3 is 19.8 Å². The Hall–Kier alpha value is -2.84. The number of phosphoric ester groups is 1. The molecule has 0 heterocycles. The first-order chi connectivity index (χ1) is 41.5. The summed E-state index contributed by atoms with van der Waals surface area (Å²) in [7, 11) is 1.60. The molecule has 0 aliphatic heterocycles. The van der Waals surface area contributed by atoms with Crippen molar-refractivity contribution in [3.63, 3.8) is 0 Å². The second kappa shape index (κ2) is 65.6. The predicted molar refractivity (Wildman–Crippen MR) is 373 cm³/mol. The number of amides is 1. The molecule has 492 valence electrons. The van der Waals surface area contributed by atoms with Crippen LogP contribution in [0.3, 0.4) is 0 Å². The molecule has 3 atom stereocenters. The highest BCUT2D eigenvalue weighted by Gasteiger charge is 2.28. The van der Waals surface area contributed by atoms with E-state index in [9.17, 15) is 19.4 Å². The molecule has 0 aliphatic rings. The number of nitrogens with zero attached hydrogens (tertiary/aromatic N) is 1. The molecular formula is C76H138N2O6P+. The van der Waals surface area contributed by atoms with Gasteiger partial charge in [-0.1, -0.05) is 335 Å². The molecule has 0 aliphatic carbocycles. The quantitative estimate of drug-likeness (QED) is 0.0243. The van der Waals surface area contributed by atoms with Crippen molar-refractivity contribution in [1.82, 2.24) is 5.32 Å². The third kappa shape index (κ3) is 68.5. The highest BCUT2D eigenvalue weighted by Crippen LogP contribution is 2.43. The second-order valence-electron chi connectivity index (χ2n) is 25.2. The van der Waals surface area contributed by atoms with E-state index < -0.39 is 20.0 Å². The highest BCUT2D eigenvalue weighted by molar-refractivity contribution is 7.47. The minimum atomic E-state index is -4.35. The Bertz CT molecular complexity index is 1760. The number of hydrogen-bond donors (Lipinski definition) is 3. The van der Waals surface area contributed by atoms with Gasteiger partial charge in [-0.3, -0.25) is 13.8 Å². The number of allylic oxidation sites excluding steroid dienone is 18. The minimum absolute atomic E-state index is 0.0654. The molecular weight excluding hydrogens is 1070 g/mol. The van der Waals surface area contributed by atoms with Crippen molar-refractivity contribution >= 4 is 13.7 Å². The number of unbranched alkanes of at least 4 members (excludes halogenated alkanes) is 34. The Balaban J connectivity index is 4.13. The summed E-state index contributed by atoms with van der Waals surface area (Å²) in [6.07, 6.45) is 96.2. The van der Waals surface area contributed by atoms with E-state index in [1.165, 1.54) is 173 Å². The van der Waals surface area contributed by atoms with E-state index in [1.54, 1.807) is 0 Å². The number of aliphatic hydroxyl groups excluding tert-OH is 1. The Morgan fingerprint density at radius 1 is 0.412 bits per heavy atom. The monoisotopic (exact) mass is 1210 g/mol. The lowest BCUT2D eigenvalue weighted by molar-refractivity contribution is -0.870. The molecule has 0 aromatic rings. The molecule has 0 spiro atoms. The lowest BCUT2D eigenvalue weighted by Gasteiger charge is -2.26. The molecule has 9 heteroatoms. The van der Waals surface area contributed by atoms with E-state index in [4.69, 9.17) is 9.05 Å². The fourth-order valence-corrected chi connectivity index (χ4v) is 11.0. The Morgan fingerprint density at radius 3 is 1.04 bits per heavy atom. The molecule has 0 fully saturated rings. The Morgan fingerprint density at radius 2 is 0.706 bits per heavy atom. The summed E-state index contributed by atoms with van der Waals surface area (Å²) in [5.41, 5.74) is 0. The normalized spacial score (nSPS) is 14.3. The Labute approximate surface area is 527 Å². The van der Waals surface area contributed by atoms with Crippen molar-refractivity contribution in [3.05, 3.63) is 109 Å². The molecule has 0 saturated heterocycles. The highest BCUT2D eigenvalue weighted by atomic mass is 31.2. The van der Waals surface area contributed by atoms with E-state index in [0.29, 0.717) is 23.9 Å². The van der Waals surface area contributed by atoms with Gasteiger partial charge in [-0.25, -0.2) is 4.57 Å². The van der Waals surface area contributed by atoms with Crippen molar-refractivity contribution in [1.29, 1.82) is 0 Å². The van der Waals surface area contributed by atoms with E-state index in [-0.39, 0.29) is 19.1 Å². The molecule has 8 nitrogen and oxygen atoms in total. The maximum atomic E-state index is 13.1. The van der Waals surface area contributed by atoms with Crippen LogP contribution in [0.4, 0.5) is 0 Å². The summed E-state index contributed by atoms with van der Waals surface area (Å²) in [5, 5.41) is 14.1. The van der Waals surface area contributed by atoms with Gasteiger partial charge in [0.1, 0.15) is 13.2 Å². The number of carbonyl (C=O) groups is 1. The molecule has 0 bridgehead atoms. The van der Waals surface area contributed by atoms with Crippen LogP contribution in [0, 0.1) is 0 Å². The van der Waals surface area contributed by atoms with Crippen LogP contribution in [0.25, 0.3) is 0 Å². The van der Waals surface area contributed by atoms with Crippen LogP contribution < -0.4 is 5.32 Å². The first-order valence-corrected chi connectivity index (χ1v) is 37.2. The summed E-state index contributed by atoms with van der Waals surface area (Å²) >= 11 is 0. The number of hydrogen-bond acceptors (Lipinski definition) is 5. The maximum Gasteiger partial charge on any atom is 0.472 e. The van der Waals surface area contributed by atoms with Crippen LogP contribution in [0.15, 0.2) is 109 Å². The second-order valence-corrected chi connectivity index (χ2v) is 26.7. The summed E-state index contributed by atoms with van der Waals surface area (Å²) in [6, 6.07) is -0.782.